The van der Waals surface area contributed by atoms with Gasteiger partial charge in [-0.15, -0.1) is 11.3 Å². The van der Waals surface area contributed by atoms with Crippen molar-refractivity contribution >= 4 is 27.3 Å². The number of hydrogen-bond donors (Lipinski definition) is 1. The van der Waals surface area contributed by atoms with Gasteiger partial charge in [0.15, 0.2) is 0 Å². The number of benzene rings is 1. The summed E-state index contributed by atoms with van der Waals surface area (Å²) in [4.78, 5) is 2.92. The van der Waals surface area contributed by atoms with Gasteiger partial charge in [-0.05, 0) is 17.7 Å². The third-order valence-electron chi connectivity index (χ3n) is 3.19. The fourth-order valence-electron chi connectivity index (χ4n) is 2.31. The maximum atomic E-state index is 3.63. The highest BCUT2D eigenvalue weighted by Crippen LogP contribution is 2.39. The highest BCUT2D eigenvalue weighted by Gasteiger charge is 2.20. The van der Waals surface area contributed by atoms with Crippen LogP contribution in [0.1, 0.15) is 23.3 Å². The molecule has 0 saturated carbocycles. The fraction of sp³-hybridized carbons (Fsp3) is 0.286. The third-order valence-corrected chi connectivity index (χ3v) is 5.33. The third kappa shape index (κ3) is 2.07. The molecule has 1 aromatic heterocycles. The zero-order chi connectivity index (χ0) is 11.8. The van der Waals surface area contributed by atoms with E-state index in [1.54, 1.807) is 4.88 Å². The van der Waals surface area contributed by atoms with Crippen molar-refractivity contribution in [2.75, 3.05) is 6.54 Å². The Bertz CT molecular complexity index is 547. The molecule has 3 rings (SSSR count). The molecule has 3 heteroatoms. The molecular formula is C14H14BrNS. The van der Waals surface area contributed by atoms with E-state index in [4.69, 9.17) is 0 Å². The van der Waals surface area contributed by atoms with Crippen LogP contribution in [0.3, 0.4) is 0 Å². The summed E-state index contributed by atoms with van der Waals surface area (Å²) in [5.41, 5.74) is 2.78. The second-order valence-electron chi connectivity index (χ2n) is 4.51. The van der Waals surface area contributed by atoms with Crippen molar-refractivity contribution in [2.45, 2.75) is 19.4 Å². The van der Waals surface area contributed by atoms with Crippen LogP contribution in [0.15, 0.2) is 34.8 Å². The summed E-state index contributed by atoms with van der Waals surface area (Å²) in [5, 5.41) is 3.47. The number of thiophene rings is 1. The van der Waals surface area contributed by atoms with Crippen LogP contribution >= 0.6 is 27.3 Å². The monoisotopic (exact) mass is 307 g/mol. The van der Waals surface area contributed by atoms with Gasteiger partial charge in [-0.3, -0.25) is 0 Å². The molecule has 1 nitrogen and oxygen atoms in total. The van der Waals surface area contributed by atoms with Gasteiger partial charge in [0, 0.05) is 38.8 Å². The minimum Gasteiger partial charge on any atom is -0.312 e. The maximum absolute atomic E-state index is 3.63. The first-order valence-electron chi connectivity index (χ1n) is 5.84. The Hall–Kier alpha value is -0.640. The Morgan fingerprint density at radius 3 is 2.94 bits per heavy atom. The molecule has 1 N–H and O–H groups in total. The summed E-state index contributed by atoms with van der Waals surface area (Å²) in [6.45, 7) is 4.41. The van der Waals surface area contributed by atoms with E-state index in [9.17, 15) is 0 Å². The van der Waals surface area contributed by atoms with Crippen LogP contribution in [-0.2, 0) is 6.54 Å². The Morgan fingerprint density at radius 1 is 1.35 bits per heavy atom. The van der Waals surface area contributed by atoms with E-state index in [1.807, 2.05) is 11.3 Å². The molecular weight excluding hydrogens is 294 g/mol. The van der Waals surface area contributed by atoms with Gasteiger partial charge in [-0.25, -0.2) is 0 Å². The van der Waals surface area contributed by atoms with Crippen molar-refractivity contribution in [3.05, 3.63) is 45.2 Å². The lowest BCUT2D eigenvalue weighted by atomic mass is 10.0. The van der Waals surface area contributed by atoms with E-state index >= 15 is 0 Å². The Kier molecular flexibility index (Phi) is 3.07. The van der Waals surface area contributed by atoms with Crippen molar-refractivity contribution < 1.29 is 0 Å². The van der Waals surface area contributed by atoms with Crippen molar-refractivity contribution in [3.63, 3.8) is 0 Å². The summed E-state index contributed by atoms with van der Waals surface area (Å²) in [7, 11) is 0. The first-order chi connectivity index (χ1) is 8.25. The lowest BCUT2D eigenvalue weighted by Crippen LogP contribution is -2.24. The Balaban J connectivity index is 2.08. The zero-order valence-electron chi connectivity index (χ0n) is 9.66. The molecule has 1 unspecified atom stereocenters. The molecule has 0 amide bonds. The van der Waals surface area contributed by atoms with Gasteiger partial charge in [0.1, 0.15) is 0 Å². The molecule has 0 radical (unpaired) electrons. The first-order valence-corrected chi connectivity index (χ1v) is 7.45. The lowest BCUT2D eigenvalue weighted by molar-refractivity contribution is 0.581. The molecule has 1 aromatic carbocycles. The maximum Gasteiger partial charge on any atom is 0.0360 e. The normalized spacial score (nSPS) is 19.1. The van der Waals surface area contributed by atoms with E-state index in [0.29, 0.717) is 5.92 Å². The standard InChI is InChI=1S/C14H14BrNS/c1-9-7-16-8-10-6-13(17-14(9)10)11-4-2-3-5-12(11)15/h2-6,9,16H,7-8H2,1H3. The van der Waals surface area contributed by atoms with Crippen molar-refractivity contribution in [2.24, 2.45) is 0 Å². The quantitative estimate of drug-likeness (QED) is 0.824. The van der Waals surface area contributed by atoms with E-state index in [1.165, 1.54) is 20.5 Å². The molecule has 0 spiro atoms. The summed E-state index contributed by atoms with van der Waals surface area (Å²) in [6.07, 6.45) is 0. The zero-order valence-corrected chi connectivity index (χ0v) is 12.1. The minimum atomic E-state index is 0.639. The van der Waals surface area contributed by atoms with Gasteiger partial charge < -0.3 is 5.32 Å². The molecule has 1 atom stereocenters. The van der Waals surface area contributed by atoms with Gasteiger partial charge >= 0.3 is 0 Å². The Labute approximate surface area is 114 Å². The van der Waals surface area contributed by atoms with Gasteiger partial charge in [-0.2, -0.15) is 0 Å². The Morgan fingerprint density at radius 2 is 2.18 bits per heavy atom. The van der Waals surface area contributed by atoms with Crippen LogP contribution in [0.2, 0.25) is 0 Å². The number of nitrogens with one attached hydrogen (secondary N) is 1. The average Bonchev–Trinajstić information content (AvgIpc) is 2.75. The SMILES string of the molecule is CC1CNCc2cc(-c3ccccc3Br)sc21. The van der Waals surface area contributed by atoms with Crippen LogP contribution in [0, 0.1) is 0 Å². The van der Waals surface area contributed by atoms with Crippen LogP contribution in [0.4, 0.5) is 0 Å². The smallest absolute Gasteiger partial charge is 0.0360 e. The van der Waals surface area contributed by atoms with Gasteiger partial charge in [0.05, 0.1) is 0 Å². The molecule has 2 aromatic rings. The average molecular weight is 308 g/mol. The molecule has 0 fully saturated rings. The van der Waals surface area contributed by atoms with E-state index in [0.717, 1.165) is 13.1 Å². The van der Waals surface area contributed by atoms with Crippen LogP contribution in [0.5, 0.6) is 0 Å². The van der Waals surface area contributed by atoms with Gasteiger partial charge in [0.25, 0.3) is 0 Å². The molecule has 0 aliphatic carbocycles. The van der Waals surface area contributed by atoms with E-state index < -0.39 is 0 Å². The van der Waals surface area contributed by atoms with Crippen LogP contribution in [-0.4, -0.2) is 6.54 Å². The van der Waals surface area contributed by atoms with Gasteiger partial charge in [0.2, 0.25) is 0 Å². The van der Waals surface area contributed by atoms with Crippen molar-refractivity contribution in [1.82, 2.24) is 5.32 Å². The number of fused-ring (bicyclic) bond motifs is 1. The summed E-state index contributed by atoms with van der Waals surface area (Å²) < 4.78 is 1.18. The van der Waals surface area contributed by atoms with Crippen molar-refractivity contribution in [3.8, 4) is 10.4 Å². The number of rotatable bonds is 1. The molecule has 0 bridgehead atoms. The number of halogens is 1. The van der Waals surface area contributed by atoms with Crippen LogP contribution in [0.25, 0.3) is 10.4 Å². The predicted molar refractivity (Wildman–Crippen MR) is 77.6 cm³/mol. The predicted octanol–water partition coefficient (Wildman–Crippen LogP) is 4.38. The highest BCUT2D eigenvalue weighted by atomic mass is 79.9. The molecule has 88 valence electrons. The largest absolute Gasteiger partial charge is 0.312 e. The van der Waals surface area contributed by atoms with Gasteiger partial charge in [-0.1, -0.05) is 41.1 Å². The molecule has 1 aliphatic rings. The number of hydrogen-bond acceptors (Lipinski definition) is 2. The summed E-state index contributed by atoms with van der Waals surface area (Å²) in [6, 6.07) is 10.8. The van der Waals surface area contributed by atoms with Crippen molar-refractivity contribution in [1.29, 1.82) is 0 Å². The van der Waals surface area contributed by atoms with E-state index in [2.05, 4.69) is 58.5 Å². The summed E-state index contributed by atoms with van der Waals surface area (Å²) in [5.74, 6) is 0.639. The second-order valence-corrected chi connectivity index (χ2v) is 6.45. The first kappa shape index (κ1) is 11.5. The minimum absolute atomic E-state index is 0.639. The lowest BCUT2D eigenvalue weighted by Gasteiger charge is -2.18. The topological polar surface area (TPSA) is 12.0 Å². The van der Waals surface area contributed by atoms with Crippen LogP contribution < -0.4 is 5.32 Å². The second kappa shape index (κ2) is 4.56. The molecule has 2 heterocycles. The fourth-order valence-corrected chi connectivity index (χ4v) is 4.21. The molecule has 1 aliphatic heterocycles. The summed E-state index contributed by atoms with van der Waals surface area (Å²) >= 11 is 5.57. The highest BCUT2D eigenvalue weighted by molar-refractivity contribution is 9.10. The van der Waals surface area contributed by atoms with E-state index in [-0.39, 0.29) is 0 Å². The molecule has 0 saturated heterocycles. The molecule has 17 heavy (non-hydrogen) atoms.